The van der Waals surface area contributed by atoms with Crippen LogP contribution in [0.3, 0.4) is 0 Å². The van der Waals surface area contributed by atoms with E-state index >= 15 is 0 Å². The monoisotopic (exact) mass is 211 g/mol. The third-order valence-corrected chi connectivity index (χ3v) is 2.79. The Balaban J connectivity index is 2.85. The molecule has 1 rings (SSSR count). The van der Waals surface area contributed by atoms with Crippen molar-refractivity contribution in [1.29, 1.82) is 0 Å². The lowest BCUT2D eigenvalue weighted by atomic mass is 9.96. The zero-order valence-electron chi connectivity index (χ0n) is 9.17. The minimum absolute atomic E-state index is 0.229. The van der Waals surface area contributed by atoms with Crippen molar-refractivity contribution >= 4 is 11.9 Å². The fourth-order valence-corrected chi connectivity index (χ4v) is 1.69. The van der Waals surface area contributed by atoms with Crippen molar-refractivity contribution in [1.82, 2.24) is 5.32 Å². The van der Waals surface area contributed by atoms with Crippen LogP contribution < -0.4 is 5.32 Å². The van der Waals surface area contributed by atoms with E-state index in [2.05, 4.69) is 5.32 Å². The quantitative estimate of drug-likeness (QED) is 0.723. The van der Waals surface area contributed by atoms with Crippen molar-refractivity contribution in [3.63, 3.8) is 0 Å². The van der Waals surface area contributed by atoms with Crippen LogP contribution in [0.4, 0.5) is 0 Å². The van der Waals surface area contributed by atoms with Gasteiger partial charge in [0.2, 0.25) is 5.91 Å². The Kier molecular flexibility index (Phi) is 3.50. The summed E-state index contributed by atoms with van der Waals surface area (Å²) in [5.74, 6) is -1.21. The van der Waals surface area contributed by atoms with Crippen LogP contribution in [0, 0.1) is 0 Å². The van der Waals surface area contributed by atoms with Crippen LogP contribution in [0.5, 0.6) is 0 Å². The number of aliphatic carboxylic acids is 1. The summed E-state index contributed by atoms with van der Waals surface area (Å²) in [5.41, 5.74) is -0.554. The fraction of sp³-hybridized carbons (Fsp3) is 0.636. The van der Waals surface area contributed by atoms with Gasteiger partial charge in [0.15, 0.2) is 5.54 Å². The van der Waals surface area contributed by atoms with Gasteiger partial charge < -0.3 is 10.4 Å². The van der Waals surface area contributed by atoms with E-state index in [0.29, 0.717) is 18.4 Å². The molecule has 0 aliphatic carbocycles. The van der Waals surface area contributed by atoms with E-state index in [4.69, 9.17) is 5.11 Å². The number of carboxylic acid groups (broad SMARTS) is 1. The third kappa shape index (κ3) is 2.19. The molecule has 0 saturated carbocycles. The smallest absolute Gasteiger partial charge is 0.333 e. The molecule has 0 bridgehead atoms. The molecule has 0 radical (unpaired) electrons. The lowest BCUT2D eigenvalue weighted by molar-refractivity contribution is -0.144. The van der Waals surface area contributed by atoms with Gasteiger partial charge in [-0.15, -0.1) is 0 Å². The lowest BCUT2D eigenvalue weighted by Gasteiger charge is -2.19. The summed E-state index contributed by atoms with van der Waals surface area (Å²) in [5, 5.41) is 11.6. The minimum atomic E-state index is -1.17. The molecule has 0 spiro atoms. The summed E-state index contributed by atoms with van der Waals surface area (Å²) < 4.78 is 0. The van der Waals surface area contributed by atoms with Crippen LogP contribution in [-0.4, -0.2) is 22.5 Å². The first-order valence-corrected chi connectivity index (χ1v) is 5.33. The number of rotatable bonds is 5. The average molecular weight is 211 g/mol. The Morgan fingerprint density at radius 3 is 2.60 bits per heavy atom. The lowest BCUT2D eigenvalue weighted by Crippen LogP contribution is -2.48. The number of amides is 1. The molecule has 0 aromatic rings. The van der Waals surface area contributed by atoms with Gasteiger partial charge in [-0.2, -0.15) is 0 Å². The standard InChI is InChI=1S/C11H17NO3/c1-3-5-6-8-7-11(4-2,10(14)15)12-9(8)13/h7H,3-6H2,1-2H3,(H,12,13)(H,14,15). The molecule has 0 saturated heterocycles. The maximum Gasteiger partial charge on any atom is 0.333 e. The van der Waals surface area contributed by atoms with E-state index < -0.39 is 11.5 Å². The van der Waals surface area contributed by atoms with Crippen molar-refractivity contribution in [3.8, 4) is 0 Å². The summed E-state index contributed by atoms with van der Waals surface area (Å²) in [6.45, 7) is 3.80. The van der Waals surface area contributed by atoms with Gasteiger partial charge >= 0.3 is 5.97 Å². The molecule has 1 heterocycles. The topological polar surface area (TPSA) is 66.4 Å². The molecule has 1 unspecified atom stereocenters. The number of hydrogen-bond acceptors (Lipinski definition) is 2. The summed E-state index contributed by atoms with van der Waals surface area (Å²) in [6, 6.07) is 0. The van der Waals surface area contributed by atoms with E-state index in [1.165, 1.54) is 0 Å². The second-order valence-corrected chi connectivity index (χ2v) is 3.86. The van der Waals surface area contributed by atoms with Crippen LogP contribution in [0.15, 0.2) is 11.6 Å². The van der Waals surface area contributed by atoms with E-state index in [9.17, 15) is 9.59 Å². The third-order valence-electron chi connectivity index (χ3n) is 2.79. The molecule has 0 fully saturated rings. The van der Waals surface area contributed by atoms with E-state index in [1.54, 1.807) is 13.0 Å². The Morgan fingerprint density at radius 1 is 1.53 bits per heavy atom. The first-order chi connectivity index (χ1) is 7.05. The largest absolute Gasteiger partial charge is 0.479 e. The molecule has 15 heavy (non-hydrogen) atoms. The Morgan fingerprint density at radius 2 is 2.20 bits per heavy atom. The van der Waals surface area contributed by atoms with Crippen molar-refractivity contribution < 1.29 is 14.7 Å². The second kappa shape index (κ2) is 4.47. The molecule has 1 amide bonds. The van der Waals surface area contributed by atoms with E-state index in [0.717, 1.165) is 12.8 Å². The van der Waals surface area contributed by atoms with Gasteiger partial charge in [-0.05, 0) is 25.3 Å². The van der Waals surface area contributed by atoms with Gasteiger partial charge in [-0.3, -0.25) is 4.79 Å². The molecule has 4 nitrogen and oxygen atoms in total. The highest BCUT2D eigenvalue weighted by atomic mass is 16.4. The first-order valence-electron chi connectivity index (χ1n) is 5.33. The molecular weight excluding hydrogens is 194 g/mol. The molecule has 2 N–H and O–H groups in total. The molecule has 1 atom stereocenters. The Bertz CT molecular complexity index is 309. The number of carbonyl (C=O) groups excluding carboxylic acids is 1. The molecule has 1 aliphatic rings. The van der Waals surface area contributed by atoms with Crippen LogP contribution in [0.2, 0.25) is 0 Å². The number of carboxylic acids is 1. The molecule has 0 aromatic carbocycles. The van der Waals surface area contributed by atoms with Gasteiger partial charge in [0, 0.05) is 5.57 Å². The maximum atomic E-state index is 11.5. The predicted molar refractivity (Wildman–Crippen MR) is 56.4 cm³/mol. The van der Waals surface area contributed by atoms with Gasteiger partial charge in [-0.1, -0.05) is 20.3 Å². The average Bonchev–Trinajstić information content (AvgIpc) is 2.54. The molecule has 0 aromatic heterocycles. The fourth-order valence-electron chi connectivity index (χ4n) is 1.69. The highest BCUT2D eigenvalue weighted by Gasteiger charge is 2.42. The zero-order chi connectivity index (χ0) is 11.5. The van der Waals surface area contributed by atoms with Crippen LogP contribution in [-0.2, 0) is 9.59 Å². The van der Waals surface area contributed by atoms with Crippen molar-refractivity contribution in [3.05, 3.63) is 11.6 Å². The summed E-state index contributed by atoms with van der Waals surface area (Å²) in [4.78, 5) is 22.6. The van der Waals surface area contributed by atoms with Crippen molar-refractivity contribution in [2.45, 2.75) is 45.1 Å². The van der Waals surface area contributed by atoms with E-state index in [-0.39, 0.29) is 5.91 Å². The zero-order valence-corrected chi connectivity index (χ0v) is 9.17. The molecule has 4 heteroatoms. The number of carbonyl (C=O) groups is 2. The predicted octanol–water partition coefficient (Wildman–Crippen LogP) is 1.47. The summed E-state index contributed by atoms with van der Waals surface area (Å²) >= 11 is 0. The molecule has 1 aliphatic heterocycles. The highest BCUT2D eigenvalue weighted by Crippen LogP contribution is 2.24. The van der Waals surface area contributed by atoms with E-state index in [1.807, 2.05) is 6.92 Å². The Labute approximate surface area is 89.4 Å². The van der Waals surface area contributed by atoms with Crippen molar-refractivity contribution in [2.24, 2.45) is 0 Å². The number of unbranched alkanes of at least 4 members (excludes halogenated alkanes) is 1. The van der Waals surface area contributed by atoms with Gasteiger partial charge in [-0.25, -0.2) is 4.79 Å². The summed E-state index contributed by atoms with van der Waals surface area (Å²) in [7, 11) is 0. The SMILES string of the molecule is CCCCC1=CC(CC)(C(=O)O)NC1=O. The molecule has 84 valence electrons. The van der Waals surface area contributed by atoms with Crippen LogP contribution >= 0.6 is 0 Å². The number of nitrogens with one attached hydrogen (secondary N) is 1. The summed E-state index contributed by atoms with van der Waals surface area (Å²) in [6.07, 6.45) is 4.53. The van der Waals surface area contributed by atoms with Crippen molar-refractivity contribution in [2.75, 3.05) is 0 Å². The highest BCUT2D eigenvalue weighted by molar-refractivity contribution is 6.03. The minimum Gasteiger partial charge on any atom is -0.479 e. The van der Waals surface area contributed by atoms with Gasteiger partial charge in [0.05, 0.1) is 0 Å². The van der Waals surface area contributed by atoms with Gasteiger partial charge in [0.25, 0.3) is 0 Å². The van der Waals surface area contributed by atoms with Gasteiger partial charge in [0.1, 0.15) is 0 Å². The first kappa shape index (κ1) is 11.8. The van der Waals surface area contributed by atoms with Crippen LogP contribution in [0.1, 0.15) is 39.5 Å². The Hall–Kier alpha value is -1.32. The molecular formula is C11H17NO3. The van der Waals surface area contributed by atoms with Crippen LogP contribution in [0.25, 0.3) is 0 Å². The normalized spacial score (nSPS) is 24.9. The number of hydrogen-bond donors (Lipinski definition) is 2. The maximum absolute atomic E-state index is 11.5. The second-order valence-electron chi connectivity index (χ2n) is 3.86.